The number of hydrogen-bond acceptors (Lipinski definition) is 2. The van der Waals surface area contributed by atoms with Gasteiger partial charge in [0.05, 0.1) is 16.4 Å². The number of hydrogen-bond donors (Lipinski definition) is 2. The lowest BCUT2D eigenvalue weighted by atomic mass is 10.0. The number of rotatable bonds is 7. The van der Waals surface area contributed by atoms with Gasteiger partial charge >= 0.3 is 0 Å². The minimum atomic E-state index is -0.484. The van der Waals surface area contributed by atoms with E-state index in [1.54, 1.807) is 6.07 Å². The maximum atomic E-state index is 12.2. The molecule has 1 amide bonds. The number of fused-ring (bicyclic) bond motifs is 3. The molecule has 1 aromatic heterocycles. The Morgan fingerprint density at radius 2 is 1.80 bits per heavy atom. The summed E-state index contributed by atoms with van der Waals surface area (Å²) in [6.45, 7) is 4.95. The van der Waals surface area contributed by atoms with Gasteiger partial charge in [-0.3, -0.25) is 4.79 Å². The van der Waals surface area contributed by atoms with Crippen LogP contribution < -0.4 is 5.73 Å². The molecule has 0 fully saturated rings. The van der Waals surface area contributed by atoms with Crippen LogP contribution in [-0.4, -0.2) is 15.6 Å². The first-order valence-electron chi connectivity index (χ1n) is 10.6. The van der Waals surface area contributed by atoms with Crippen molar-refractivity contribution in [3.05, 3.63) is 76.9 Å². The maximum Gasteiger partial charge on any atom is 0.249 e. The molecule has 3 N–H and O–H groups in total. The molecule has 0 bridgehead atoms. The summed E-state index contributed by atoms with van der Waals surface area (Å²) in [6.07, 6.45) is 4.33. The molecule has 4 heteroatoms. The van der Waals surface area contributed by atoms with Crippen molar-refractivity contribution < 1.29 is 9.90 Å². The predicted octanol–water partition coefficient (Wildman–Crippen LogP) is 5.69. The third kappa shape index (κ3) is 3.54. The summed E-state index contributed by atoms with van der Waals surface area (Å²) in [5.41, 5.74) is 11.5. The lowest BCUT2D eigenvalue weighted by molar-refractivity contribution is 0.100. The van der Waals surface area contributed by atoms with Gasteiger partial charge in [-0.1, -0.05) is 50.1 Å². The largest absolute Gasteiger partial charge is 0.507 e. The van der Waals surface area contributed by atoms with E-state index in [1.165, 1.54) is 11.1 Å². The van der Waals surface area contributed by atoms with Gasteiger partial charge in [0.25, 0.3) is 0 Å². The van der Waals surface area contributed by atoms with Gasteiger partial charge in [0.15, 0.2) is 0 Å². The first kappa shape index (κ1) is 20.0. The molecule has 4 rings (SSSR count). The zero-order chi connectivity index (χ0) is 21.3. The number of aryl methyl sites for hydroxylation is 2. The Balaban J connectivity index is 1.99. The summed E-state index contributed by atoms with van der Waals surface area (Å²) in [6, 6.07) is 17.9. The number of primary amides is 1. The Morgan fingerprint density at radius 3 is 2.53 bits per heavy atom. The minimum Gasteiger partial charge on any atom is -0.507 e. The maximum absolute atomic E-state index is 12.2. The molecule has 0 aliphatic carbocycles. The van der Waals surface area contributed by atoms with Gasteiger partial charge in [0.1, 0.15) is 5.75 Å². The van der Waals surface area contributed by atoms with Crippen molar-refractivity contribution >= 4 is 27.7 Å². The standard InChI is InChI=1S/C26H28N2O2/c1-3-4-5-10-18-14-22-25(23(29)15-18)24-20(26(27)30)12-8-13-21(24)28(22)16-19-11-7-6-9-17(19)2/h6-9,11-15,29H,3-5,10,16H2,1-2H3,(H2,27,30). The first-order chi connectivity index (χ1) is 14.5. The molecule has 3 aromatic carbocycles. The summed E-state index contributed by atoms with van der Waals surface area (Å²) >= 11 is 0. The lowest BCUT2D eigenvalue weighted by Gasteiger charge is -2.11. The Bertz CT molecular complexity index is 1240. The molecular formula is C26H28N2O2. The van der Waals surface area contributed by atoms with Crippen LogP contribution >= 0.6 is 0 Å². The molecule has 4 nitrogen and oxygen atoms in total. The number of carbonyl (C=O) groups is 1. The number of benzene rings is 3. The van der Waals surface area contributed by atoms with E-state index in [0.29, 0.717) is 17.5 Å². The van der Waals surface area contributed by atoms with E-state index in [4.69, 9.17) is 5.73 Å². The van der Waals surface area contributed by atoms with Crippen molar-refractivity contribution in [1.82, 2.24) is 4.57 Å². The van der Waals surface area contributed by atoms with Crippen molar-refractivity contribution in [3.63, 3.8) is 0 Å². The fraction of sp³-hybridized carbons (Fsp3) is 0.269. The van der Waals surface area contributed by atoms with Gasteiger partial charge in [0.2, 0.25) is 5.91 Å². The fourth-order valence-corrected chi connectivity index (χ4v) is 4.35. The second-order valence-electron chi connectivity index (χ2n) is 8.04. The third-order valence-corrected chi connectivity index (χ3v) is 5.95. The van der Waals surface area contributed by atoms with Crippen LogP contribution in [0.4, 0.5) is 0 Å². The highest BCUT2D eigenvalue weighted by Crippen LogP contribution is 2.38. The summed E-state index contributed by atoms with van der Waals surface area (Å²) < 4.78 is 2.20. The third-order valence-electron chi connectivity index (χ3n) is 5.95. The summed E-state index contributed by atoms with van der Waals surface area (Å²) in [7, 11) is 0. The van der Waals surface area contributed by atoms with Crippen LogP contribution in [0.5, 0.6) is 5.75 Å². The molecule has 0 saturated heterocycles. The zero-order valence-corrected chi connectivity index (χ0v) is 17.6. The Hall–Kier alpha value is -3.27. The van der Waals surface area contributed by atoms with Crippen LogP contribution in [-0.2, 0) is 13.0 Å². The molecule has 30 heavy (non-hydrogen) atoms. The van der Waals surface area contributed by atoms with E-state index in [2.05, 4.69) is 36.6 Å². The van der Waals surface area contributed by atoms with Crippen molar-refractivity contribution in [2.24, 2.45) is 5.73 Å². The summed E-state index contributed by atoms with van der Waals surface area (Å²) in [5.74, 6) is -0.275. The van der Waals surface area contributed by atoms with Gasteiger partial charge in [-0.2, -0.15) is 0 Å². The number of amides is 1. The number of phenols is 1. The highest BCUT2D eigenvalue weighted by atomic mass is 16.3. The van der Waals surface area contributed by atoms with E-state index >= 15 is 0 Å². The molecule has 154 valence electrons. The fourth-order valence-electron chi connectivity index (χ4n) is 4.35. The number of nitrogens with zero attached hydrogens (tertiary/aromatic N) is 1. The van der Waals surface area contributed by atoms with Gasteiger partial charge < -0.3 is 15.4 Å². The van der Waals surface area contributed by atoms with E-state index in [-0.39, 0.29) is 5.75 Å². The molecule has 0 atom stereocenters. The van der Waals surface area contributed by atoms with E-state index in [0.717, 1.165) is 47.7 Å². The molecule has 0 saturated carbocycles. The lowest BCUT2D eigenvalue weighted by Crippen LogP contribution is -2.11. The molecule has 0 aliphatic rings. The number of nitrogens with two attached hydrogens (primary N) is 1. The second kappa shape index (κ2) is 8.23. The van der Waals surface area contributed by atoms with Crippen LogP contribution in [0.25, 0.3) is 21.8 Å². The highest BCUT2D eigenvalue weighted by molar-refractivity contribution is 6.19. The normalized spacial score (nSPS) is 11.4. The number of aromatic hydroxyl groups is 1. The quantitative estimate of drug-likeness (QED) is 0.391. The highest BCUT2D eigenvalue weighted by Gasteiger charge is 2.20. The Kier molecular flexibility index (Phi) is 5.49. The molecule has 4 aromatic rings. The smallest absolute Gasteiger partial charge is 0.249 e. The number of phenolic OH excluding ortho intramolecular Hbond substituents is 1. The number of unbranched alkanes of at least 4 members (excludes halogenated alkanes) is 2. The molecule has 0 spiro atoms. The van der Waals surface area contributed by atoms with Gasteiger partial charge in [-0.25, -0.2) is 0 Å². The van der Waals surface area contributed by atoms with E-state index in [1.807, 2.05) is 30.3 Å². The van der Waals surface area contributed by atoms with Crippen LogP contribution in [0.3, 0.4) is 0 Å². The molecule has 1 heterocycles. The Morgan fingerprint density at radius 1 is 1.00 bits per heavy atom. The first-order valence-corrected chi connectivity index (χ1v) is 10.6. The minimum absolute atomic E-state index is 0.209. The molecular weight excluding hydrogens is 372 g/mol. The molecule has 0 radical (unpaired) electrons. The van der Waals surface area contributed by atoms with E-state index in [9.17, 15) is 9.90 Å². The second-order valence-corrected chi connectivity index (χ2v) is 8.04. The SMILES string of the molecule is CCCCCc1cc(O)c2c3c(C(N)=O)cccc3n(Cc3ccccc3C)c2c1. The van der Waals surface area contributed by atoms with Crippen molar-refractivity contribution in [1.29, 1.82) is 0 Å². The number of aromatic nitrogens is 1. The average molecular weight is 401 g/mol. The Labute approximate surface area is 176 Å². The topological polar surface area (TPSA) is 68.2 Å². The van der Waals surface area contributed by atoms with Crippen LogP contribution in [0.1, 0.15) is 53.2 Å². The molecule has 0 unspecified atom stereocenters. The molecule has 0 aliphatic heterocycles. The van der Waals surface area contributed by atoms with Crippen LogP contribution in [0.2, 0.25) is 0 Å². The van der Waals surface area contributed by atoms with Crippen LogP contribution in [0.15, 0.2) is 54.6 Å². The van der Waals surface area contributed by atoms with Gasteiger partial charge in [-0.05, 0) is 60.7 Å². The van der Waals surface area contributed by atoms with Crippen molar-refractivity contribution in [2.45, 2.75) is 46.1 Å². The van der Waals surface area contributed by atoms with Crippen molar-refractivity contribution in [3.8, 4) is 5.75 Å². The average Bonchev–Trinajstić information content (AvgIpc) is 3.04. The van der Waals surface area contributed by atoms with Crippen molar-refractivity contribution in [2.75, 3.05) is 0 Å². The zero-order valence-electron chi connectivity index (χ0n) is 17.6. The van der Waals surface area contributed by atoms with Crippen LogP contribution in [0, 0.1) is 6.92 Å². The van der Waals surface area contributed by atoms with E-state index < -0.39 is 5.91 Å². The monoisotopic (exact) mass is 400 g/mol. The summed E-state index contributed by atoms with van der Waals surface area (Å²) in [5, 5.41) is 12.4. The van der Waals surface area contributed by atoms with Gasteiger partial charge in [0, 0.05) is 17.5 Å². The van der Waals surface area contributed by atoms with Gasteiger partial charge in [-0.15, -0.1) is 0 Å². The summed E-state index contributed by atoms with van der Waals surface area (Å²) in [4.78, 5) is 12.2. The predicted molar refractivity (Wildman–Crippen MR) is 123 cm³/mol. The number of carbonyl (C=O) groups excluding carboxylic acids is 1.